The van der Waals surface area contributed by atoms with Crippen LogP contribution in [0.15, 0.2) is 85.1 Å². The Kier molecular flexibility index (Phi) is 4.81. The molecule has 0 bridgehead atoms. The lowest BCUT2D eigenvalue weighted by molar-refractivity contribution is 0.144. The number of aromatic amines is 1. The molecule has 30 heavy (non-hydrogen) atoms. The summed E-state index contributed by atoms with van der Waals surface area (Å²) in [5.74, 6) is 0.0757. The van der Waals surface area contributed by atoms with Crippen molar-refractivity contribution in [3.8, 4) is 11.1 Å². The van der Waals surface area contributed by atoms with E-state index in [9.17, 15) is 4.79 Å². The molecule has 0 fully saturated rings. The van der Waals surface area contributed by atoms with Gasteiger partial charge in [-0.15, -0.1) is 0 Å². The summed E-state index contributed by atoms with van der Waals surface area (Å²) in [4.78, 5) is 15.4. The zero-order valence-electron chi connectivity index (χ0n) is 16.5. The van der Waals surface area contributed by atoms with Crippen molar-refractivity contribution in [2.24, 2.45) is 0 Å². The van der Waals surface area contributed by atoms with E-state index < -0.39 is 6.09 Å². The first kappa shape index (κ1) is 18.3. The highest BCUT2D eigenvalue weighted by molar-refractivity contribution is 5.82. The third-order valence-corrected chi connectivity index (χ3v) is 5.60. The van der Waals surface area contributed by atoms with Crippen LogP contribution >= 0.6 is 0 Å². The number of amides is 1. The Hall–Kier alpha value is -3.79. The first-order valence-corrected chi connectivity index (χ1v) is 10.1. The van der Waals surface area contributed by atoms with Crippen LogP contribution in [-0.4, -0.2) is 24.2 Å². The molecule has 4 nitrogen and oxygen atoms in total. The Morgan fingerprint density at radius 3 is 2.47 bits per heavy atom. The molecule has 0 unspecified atom stereocenters. The fraction of sp³-hybridized carbons (Fsp3) is 0.115. The van der Waals surface area contributed by atoms with E-state index in [1.165, 1.54) is 27.6 Å². The number of ether oxygens (including phenoxy) is 1. The molecule has 1 amide bonds. The number of nitrogens with one attached hydrogen (secondary N) is 2. The number of alkyl carbamates (subject to hydrolysis) is 1. The van der Waals surface area contributed by atoms with Crippen LogP contribution in [-0.2, 0) is 4.74 Å². The van der Waals surface area contributed by atoms with Gasteiger partial charge in [-0.3, -0.25) is 0 Å². The molecule has 0 spiro atoms. The molecule has 0 saturated heterocycles. The van der Waals surface area contributed by atoms with Crippen molar-refractivity contribution in [2.45, 2.75) is 5.92 Å². The molecular formula is C26H22N2O2. The van der Waals surface area contributed by atoms with Crippen molar-refractivity contribution in [3.63, 3.8) is 0 Å². The molecule has 148 valence electrons. The standard InChI is InChI=1S/C26H22N2O2/c29-26(28-14-5-6-18-11-12-25-19(16-18)13-15-27-25)30-17-24-22-9-3-1-7-20(22)21-8-2-4-10-23(21)24/h1-13,15-16,24,27H,14,17H2,(H,28,29). The van der Waals surface area contributed by atoms with Crippen LogP contribution in [0.5, 0.6) is 0 Å². The molecule has 4 aromatic rings. The van der Waals surface area contributed by atoms with Crippen molar-refractivity contribution in [3.05, 3.63) is 102 Å². The average molecular weight is 394 g/mol. The molecule has 1 aromatic heterocycles. The van der Waals surface area contributed by atoms with Crippen LogP contribution in [0.25, 0.3) is 28.1 Å². The Morgan fingerprint density at radius 2 is 1.70 bits per heavy atom. The minimum atomic E-state index is -0.400. The van der Waals surface area contributed by atoms with Crippen LogP contribution in [0.1, 0.15) is 22.6 Å². The Morgan fingerprint density at radius 1 is 0.967 bits per heavy atom. The first-order valence-electron chi connectivity index (χ1n) is 10.1. The summed E-state index contributed by atoms with van der Waals surface area (Å²) < 4.78 is 5.55. The number of carbonyl (C=O) groups is 1. The first-order chi connectivity index (χ1) is 14.8. The van der Waals surface area contributed by atoms with Crippen LogP contribution in [0.4, 0.5) is 4.79 Å². The number of hydrogen-bond acceptors (Lipinski definition) is 2. The molecule has 4 heteroatoms. The summed E-state index contributed by atoms with van der Waals surface area (Å²) in [5.41, 5.74) is 7.09. The van der Waals surface area contributed by atoms with E-state index >= 15 is 0 Å². The second-order valence-corrected chi connectivity index (χ2v) is 7.43. The maximum Gasteiger partial charge on any atom is 0.407 e. The van der Waals surface area contributed by atoms with Gasteiger partial charge in [0.2, 0.25) is 0 Å². The maximum atomic E-state index is 12.2. The van der Waals surface area contributed by atoms with Gasteiger partial charge in [-0.25, -0.2) is 4.79 Å². The quantitative estimate of drug-likeness (QED) is 0.455. The van der Waals surface area contributed by atoms with Crippen molar-refractivity contribution in [2.75, 3.05) is 13.2 Å². The molecule has 3 aromatic carbocycles. The van der Waals surface area contributed by atoms with Gasteiger partial charge in [-0.1, -0.05) is 66.7 Å². The summed E-state index contributed by atoms with van der Waals surface area (Å²) >= 11 is 0. The third-order valence-electron chi connectivity index (χ3n) is 5.60. The van der Waals surface area contributed by atoms with Crippen molar-refractivity contribution >= 4 is 23.1 Å². The normalized spacial score (nSPS) is 12.8. The van der Waals surface area contributed by atoms with Crippen LogP contribution in [0.3, 0.4) is 0 Å². The molecule has 1 aliphatic rings. The molecule has 0 aliphatic heterocycles. The molecule has 0 saturated carbocycles. The van der Waals surface area contributed by atoms with E-state index in [1.54, 1.807) is 0 Å². The van der Waals surface area contributed by atoms with Gasteiger partial charge in [-0.2, -0.15) is 0 Å². The molecular weight excluding hydrogens is 372 g/mol. The molecule has 0 atom stereocenters. The topological polar surface area (TPSA) is 54.1 Å². The van der Waals surface area contributed by atoms with E-state index in [4.69, 9.17) is 4.74 Å². The zero-order valence-corrected chi connectivity index (χ0v) is 16.5. The SMILES string of the molecule is O=C(NCC=Cc1ccc2[nH]ccc2c1)OCC1c2ccccc2-c2ccccc21. The predicted octanol–water partition coefficient (Wildman–Crippen LogP) is 5.72. The predicted molar refractivity (Wildman–Crippen MR) is 120 cm³/mol. The number of aromatic nitrogens is 1. The van der Waals surface area contributed by atoms with Gasteiger partial charge in [0.1, 0.15) is 6.61 Å². The number of fused-ring (bicyclic) bond motifs is 4. The average Bonchev–Trinajstić information content (AvgIpc) is 3.37. The second kappa shape index (κ2) is 7.91. The summed E-state index contributed by atoms with van der Waals surface area (Å²) in [6.45, 7) is 0.746. The highest BCUT2D eigenvalue weighted by Crippen LogP contribution is 2.44. The monoisotopic (exact) mass is 394 g/mol. The minimum Gasteiger partial charge on any atom is -0.449 e. The number of hydrogen-bond donors (Lipinski definition) is 2. The fourth-order valence-corrected chi connectivity index (χ4v) is 4.16. The Bertz CT molecular complexity index is 1190. The van der Waals surface area contributed by atoms with Gasteiger partial charge in [0.15, 0.2) is 0 Å². The van der Waals surface area contributed by atoms with Crippen LogP contribution in [0, 0.1) is 0 Å². The van der Waals surface area contributed by atoms with Gasteiger partial charge in [0.05, 0.1) is 0 Å². The van der Waals surface area contributed by atoms with Crippen molar-refractivity contribution < 1.29 is 9.53 Å². The van der Waals surface area contributed by atoms with Crippen molar-refractivity contribution in [1.29, 1.82) is 0 Å². The maximum absolute atomic E-state index is 12.2. The largest absolute Gasteiger partial charge is 0.449 e. The summed E-state index contributed by atoms with van der Waals surface area (Å²) in [5, 5.41) is 3.97. The Balaban J connectivity index is 1.18. The lowest BCUT2D eigenvalue weighted by Crippen LogP contribution is -2.26. The van der Waals surface area contributed by atoms with E-state index in [2.05, 4.69) is 40.6 Å². The smallest absolute Gasteiger partial charge is 0.407 e. The Labute approximate surface area is 175 Å². The van der Waals surface area contributed by atoms with Crippen LogP contribution < -0.4 is 5.32 Å². The molecule has 0 radical (unpaired) electrons. The van der Waals surface area contributed by atoms with Gasteiger partial charge >= 0.3 is 6.09 Å². The second-order valence-electron chi connectivity index (χ2n) is 7.43. The summed E-state index contributed by atoms with van der Waals surface area (Å²) in [6.07, 6.45) is 5.45. The summed E-state index contributed by atoms with van der Waals surface area (Å²) in [7, 11) is 0. The van der Waals surface area contributed by atoms with E-state index in [1.807, 2.05) is 60.8 Å². The summed E-state index contributed by atoms with van der Waals surface area (Å²) in [6, 6.07) is 24.9. The van der Waals surface area contributed by atoms with Crippen molar-refractivity contribution in [1.82, 2.24) is 10.3 Å². The molecule has 2 N–H and O–H groups in total. The third kappa shape index (κ3) is 3.48. The van der Waals surface area contributed by atoms with Gasteiger partial charge < -0.3 is 15.0 Å². The number of H-pyrrole nitrogens is 1. The molecule has 1 aliphatic carbocycles. The van der Waals surface area contributed by atoms with Crippen LogP contribution in [0.2, 0.25) is 0 Å². The van der Waals surface area contributed by atoms with E-state index in [0.29, 0.717) is 13.2 Å². The number of rotatable bonds is 5. The fourth-order valence-electron chi connectivity index (χ4n) is 4.16. The zero-order chi connectivity index (χ0) is 20.3. The van der Waals surface area contributed by atoms with Gasteiger partial charge in [-0.05, 0) is 51.4 Å². The minimum absolute atomic E-state index is 0.0757. The highest BCUT2D eigenvalue weighted by Gasteiger charge is 2.28. The number of carbonyl (C=O) groups excluding carboxylic acids is 1. The van der Waals surface area contributed by atoms with Gasteiger partial charge in [0.25, 0.3) is 0 Å². The van der Waals surface area contributed by atoms with E-state index in [0.717, 1.165) is 11.1 Å². The molecule has 5 rings (SSSR count). The number of benzene rings is 3. The lowest BCUT2D eigenvalue weighted by atomic mass is 9.98. The van der Waals surface area contributed by atoms with Gasteiger partial charge in [0, 0.05) is 24.2 Å². The molecule has 1 heterocycles. The lowest BCUT2D eigenvalue weighted by Gasteiger charge is -2.14. The highest BCUT2D eigenvalue weighted by atomic mass is 16.5. The van der Waals surface area contributed by atoms with E-state index in [-0.39, 0.29) is 5.92 Å².